The molecular weight excluding hydrogens is 401 g/mol. The molecule has 0 fully saturated rings. The normalized spacial score (nSPS) is 19.6. The fraction of sp³-hybridized carbons (Fsp3) is 0.375. The summed E-state index contributed by atoms with van der Waals surface area (Å²) in [5.41, 5.74) is 2.82. The Kier molecular flexibility index (Phi) is 4.70. The van der Waals surface area contributed by atoms with E-state index < -0.39 is 0 Å². The van der Waals surface area contributed by atoms with Crippen LogP contribution >= 0.6 is 45.5 Å². The second-order valence-corrected chi connectivity index (χ2v) is 8.78. The summed E-state index contributed by atoms with van der Waals surface area (Å²) >= 11 is 10.3. The third-order valence-corrected chi connectivity index (χ3v) is 6.13. The summed E-state index contributed by atoms with van der Waals surface area (Å²) in [7, 11) is 0. The van der Waals surface area contributed by atoms with E-state index in [-0.39, 0.29) is 0 Å². The van der Waals surface area contributed by atoms with Crippen molar-refractivity contribution >= 4 is 45.5 Å². The summed E-state index contributed by atoms with van der Waals surface area (Å²) < 4.78 is 1.40. The van der Waals surface area contributed by atoms with Crippen molar-refractivity contribution in [3.8, 4) is 0 Å². The van der Waals surface area contributed by atoms with E-state index >= 15 is 0 Å². The maximum Gasteiger partial charge on any atom is 0.0659 e. The third kappa shape index (κ3) is 3.21. The first-order valence-electron chi connectivity index (χ1n) is 6.93. The van der Waals surface area contributed by atoms with E-state index in [9.17, 15) is 0 Å². The van der Waals surface area contributed by atoms with Gasteiger partial charge in [-0.3, -0.25) is 0 Å². The average Bonchev–Trinajstić information content (AvgIpc) is 2.81. The summed E-state index contributed by atoms with van der Waals surface area (Å²) in [5, 5.41) is 4.58. The van der Waals surface area contributed by atoms with Crippen LogP contribution in [0.3, 0.4) is 0 Å². The first kappa shape index (κ1) is 14.8. The standard InChI is InChI=1S/C16H17ClINS/c1-10(11-5-7-12(17)8-6-11)19-14-3-2-4-15-13(14)9-16(18)20-15/h5-10,14,19H,2-4H2,1H3. The second-order valence-electron chi connectivity index (χ2n) is 5.31. The van der Waals surface area contributed by atoms with Gasteiger partial charge >= 0.3 is 0 Å². The lowest BCUT2D eigenvalue weighted by Crippen LogP contribution is -2.27. The molecule has 2 unspecified atom stereocenters. The molecule has 4 heteroatoms. The first-order chi connectivity index (χ1) is 9.63. The number of fused-ring (bicyclic) bond motifs is 1. The van der Waals surface area contributed by atoms with Crippen LogP contribution in [0.25, 0.3) is 0 Å². The monoisotopic (exact) mass is 417 g/mol. The highest BCUT2D eigenvalue weighted by molar-refractivity contribution is 14.1. The number of hydrogen-bond acceptors (Lipinski definition) is 2. The highest BCUT2D eigenvalue weighted by atomic mass is 127. The maximum atomic E-state index is 5.96. The molecule has 106 valence electrons. The molecule has 0 aliphatic heterocycles. The Hall–Kier alpha value is -0.100. The van der Waals surface area contributed by atoms with Crippen LogP contribution in [0.5, 0.6) is 0 Å². The third-order valence-electron chi connectivity index (χ3n) is 3.90. The molecule has 0 amide bonds. The minimum Gasteiger partial charge on any atom is -0.303 e. The number of halogens is 2. The van der Waals surface area contributed by atoms with Crippen LogP contribution in [-0.4, -0.2) is 0 Å². The molecule has 20 heavy (non-hydrogen) atoms. The largest absolute Gasteiger partial charge is 0.303 e. The van der Waals surface area contributed by atoms with Gasteiger partial charge in [-0.15, -0.1) is 11.3 Å². The van der Waals surface area contributed by atoms with E-state index in [0.717, 1.165) is 5.02 Å². The predicted molar refractivity (Wildman–Crippen MR) is 95.7 cm³/mol. The molecular formula is C16H17ClINS. The molecule has 1 nitrogen and oxygen atoms in total. The van der Waals surface area contributed by atoms with E-state index in [1.54, 1.807) is 4.88 Å². The zero-order valence-corrected chi connectivity index (χ0v) is 15.1. The Morgan fingerprint density at radius 1 is 1.35 bits per heavy atom. The van der Waals surface area contributed by atoms with Gasteiger partial charge in [0.05, 0.1) is 2.88 Å². The summed E-state index contributed by atoms with van der Waals surface area (Å²) in [6.45, 7) is 2.23. The Morgan fingerprint density at radius 3 is 2.85 bits per heavy atom. The molecule has 1 aliphatic rings. The zero-order chi connectivity index (χ0) is 14.1. The lowest BCUT2D eigenvalue weighted by Gasteiger charge is -2.27. The van der Waals surface area contributed by atoms with E-state index in [2.05, 4.69) is 53.0 Å². The molecule has 0 saturated carbocycles. The van der Waals surface area contributed by atoms with Crippen molar-refractivity contribution < 1.29 is 0 Å². The summed E-state index contributed by atoms with van der Waals surface area (Å²) in [6.07, 6.45) is 3.77. The fourth-order valence-electron chi connectivity index (χ4n) is 2.84. The number of aryl methyl sites for hydroxylation is 1. The molecule has 2 aromatic rings. The minimum atomic E-state index is 0.348. The van der Waals surface area contributed by atoms with Crippen LogP contribution < -0.4 is 5.32 Å². The van der Waals surface area contributed by atoms with Crippen LogP contribution in [0, 0.1) is 2.88 Å². The second kappa shape index (κ2) is 6.34. The molecule has 1 aromatic heterocycles. The number of rotatable bonds is 3. The molecule has 0 bridgehead atoms. The van der Waals surface area contributed by atoms with Crippen molar-refractivity contribution in [3.05, 3.63) is 54.2 Å². The van der Waals surface area contributed by atoms with Gasteiger partial charge in [0.15, 0.2) is 0 Å². The Balaban J connectivity index is 1.76. The number of benzene rings is 1. The molecule has 1 heterocycles. The first-order valence-corrected chi connectivity index (χ1v) is 9.20. The number of hydrogen-bond donors (Lipinski definition) is 1. The van der Waals surface area contributed by atoms with E-state index in [1.807, 2.05) is 23.5 Å². The predicted octanol–water partition coefficient (Wildman–Crippen LogP) is 5.73. The van der Waals surface area contributed by atoms with Gasteiger partial charge in [-0.1, -0.05) is 23.7 Å². The molecule has 2 atom stereocenters. The van der Waals surface area contributed by atoms with Crippen molar-refractivity contribution in [1.29, 1.82) is 0 Å². The molecule has 1 aromatic carbocycles. The smallest absolute Gasteiger partial charge is 0.0659 e. The van der Waals surface area contributed by atoms with Crippen molar-refractivity contribution in [2.75, 3.05) is 0 Å². The average molecular weight is 418 g/mol. The van der Waals surface area contributed by atoms with E-state index in [1.165, 1.54) is 33.3 Å². The number of nitrogens with one attached hydrogen (secondary N) is 1. The topological polar surface area (TPSA) is 12.0 Å². The van der Waals surface area contributed by atoms with Crippen LogP contribution in [0.15, 0.2) is 30.3 Å². The lowest BCUT2D eigenvalue weighted by molar-refractivity contribution is 0.418. The van der Waals surface area contributed by atoms with Crippen molar-refractivity contribution in [2.24, 2.45) is 0 Å². The Bertz CT molecular complexity index is 593. The Morgan fingerprint density at radius 2 is 2.10 bits per heavy atom. The zero-order valence-electron chi connectivity index (χ0n) is 11.3. The summed E-state index contributed by atoms with van der Waals surface area (Å²) in [5.74, 6) is 0. The number of thiophene rings is 1. The molecule has 1 N–H and O–H groups in total. The van der Waals surface area contributed by atoms with Gasteiger partial charge in [0.1, 0.15) is 0 Å². The molecule has 0 radical (unpaired) electrons. The molecule has 0 spiro atoms. The quantitative estimate of drug-likeness (QED) is 0.628. The highest BCUT2D eigenvalue weighted by Crippen LogP contribution is 2.37. The summed E-state index contributed by atoms with van der Waals surface area (Å²) in [6, 6.07) is 11.3. The van der Waals surface area contributed by atoms with Gasteiger partial charge in [0.2, 0.25) is 0 Å². The fourth-order valence-corrected chi connectivity index (χ4v) is 5.09. The van der Waals surface area contributed by atoms with Crippen LogP contribution in [0.4, 0.5) is 0 Å². The van der Waals surface area contributed by atoms with Gasteiger partial charge in [0.25, 0.3) is 0 Å². The van der Waals surface area contributed by atoms with Crippen molar-refractivity contribution in [1.82, 2.24) is 5.32 Å². The van der Waals surface area contributed by atoms with Gasteiger partial charge in [-0.2, -0.15) is 0 Å². The van der Waals surface area contributed by atoms with Crippen LogP contribution in [-0.2, 0) is 6.42 Å². The van der Waals surface area contributed by atoms with Gasteiger partial charge in [0, 0.05) is 22.0 Å². The highest BCUT2D eigenvalue weighted by Gasteiger charge is 2.23. The summed E-state index contributed by atoms with van der Waals surface area (Å²) in [4.78, 5) is 1.57. The minimum absolute atomic E-state index is 0.348. The molecule has 1 aliphatic carbocycles. The van der Waals surface area contributed by atoms with Crippen molar-refractivity contribution in [3.63, 3.8) is 0 Å². The SMILES string of the molecule is CC(NC1CCCc2sc(I)cc21)c1ccc(Cl)cc1. The van der Waals surface area contributed by atoms with E-state index in [0.29, 0.717) is 12.1 Å². The van der Waals surface area contributed by atoms with Gasteiger partial charge in [-0.25, -0.2) is 0 Å². The Labute approximate surface area is 142 Å². The molecule has 3 rings (SSSR count). The van der Waals surface area contributed by atoms with E-state index in [4.69, 9.17) is 11.6 Å². The van der Waals surface area contributed by atoms with Gasteiger partial charge < -0.3 is 5.32 Å². The maximum absolute atomic E-state index is 5.96. The van der Waals surface area contributed by atoms with Crippen LogP contribution in [0.2, 0.25) is 5.02 Å². The molecule has 0 saturated heterocycles. The lowest BCUT2D eigenvalue weighted by atomic mass is 9.93. The van der Waals surface area contributed by atoms with Gasteiger partial charge in [-0.05, 0) is 78.1 Å². The van der Waals surface area contributed by atoms with Crippen LogP contribution in [0.1, 0.15) is 47.9 Å². The van der Waals surface area contributed by atoms with Crippen molar-refractivity contribution in [2.45, 2.75) is 38.3 Å².